The van der Waals surface area contributed by atoms with Gasteiger partial charge in [-0.1, -0.05) is 25.1 Å². The van der Waals surface area contributed by atoms with E-state index in [0.29, 0.717) is 36.0 Å². The van der Waals surface area contributed by atoms with E-state index in [1.165, 1.54) is 6.21 Å². The molecule has 0 spiro atoms. The first-order valence-corrected chi connectivity index (χ1v) is 9.14. The molecule has 0 saturated carbocycles. The highest BCUT2D eigenvalue weighted by molar-refractivity contribution is 6.39. The Bertz CT molecular complexity index is 849. The van der Waals surface area contributed by atoms with Gasteiger partial charge in [-0.25, -0.2) is 5.43 Å². The van der Waals surface area contributed by atoms with E-state index in [9.17, 15) is 9.59 Å². The van der Waals surface area contributed by atoms with Gasteiger partial charge in [0.2, 0.25) is 0 Å². The summed E-state index contributed by atoms with van der Waals surface area (Å²) in [5, 5.41) is 6.39. The lowest BCUT2D eigenvalue weighted by atomic mass is 10.2. The van der Waals surface area contributed by atoms with Crippen LogP contribution in [0.3, 0.4) is 0 Å². The summed E-state index contributed by atoms with van der Waals surface area (Å²) in [6.07, 6.45) is 2.33. The third-order valence-electron chi connectivity index (χ3n) is 3.71. The molecule has 0 atom stereocenters. The molecule has 2 rings (SSSR count). The summed E-state index contributed by atoms with van der Waals surface area (Å²) in [7, 11) is 0. The minimum absolute atomic E-state index is 0.499. The molecule has 2 amide bonds. The lowest BCUT2D eigenvalue weighted by Crippen LogP contribution is -2.32. The summed E-state index contributed by atoms with van der Waals surface area (Å²) in [6, 6.07) is 12.5. The minimum atomic E-state index is -0.854. The normalized spacial score (nSPS) is 10.5. The van der Waals surface area contributed by atoms with Crippen molar-refractivity contribution in [2.24, 2.45) is 5.10 Å². The Kier molecular flexibility index (Phi) is 8.02. The molecule has 28 heavy (non-hydrogen) atoms. The van der Waals surface area contributed by atoms with Crippen LogP contribution in [-0.4, -0.2) is 31.2 Å². The van der Waals surface area contributed by atoms with E-state index in [4.69, 9.17) is 9.47 Å². The van der Waals surface area contributed by atoms with Crippen LogP contribution in [-0.2, 0) is 9.59 Å². The summed E-state index contributed by atoms with van der Waals surface area (Å²) < 4.78 is 11.2. The van der Waals surface area contributed by atoms with Gasteiger partial charge in [-0.3, -0.25) is 9.59 Å². The molecule has 0 aromatic heterocycles. The number of para-hydroxylation sites is 1. The molecule has 7 heteroatoms. The Labute approximate surface area is 164 Å². The second-order valence-corrected chi connectivity index (χ2v) is 5.96. The van der Waals surface area contributed by atoms with Gasteiger partial charge in [0.1, 0.15) is 0 Å². The van der Waals surface area contributed by atoms with Crippen molar-refractivity contribution < 1.29 is 19.1 Å². The number of rotatable bonds is 8. The third kappa shape index (κ3) is 6.12. The maximum atomic E-state index is 12.0. The van der Waals surface area contributed by atoms with Crippen LogP contribution in [0.1, 0.15) is 31.4 Å². The lowest BCUT2D eigenvalue weighted by Gasteiger charge is -2.11. The van der Waals surface area contributed by atoms with Crippen LogP contribution in [0.2, 0.25) is 0 Å². The van der Waals surface area contributed by atoms with E-state index in [2.05, 4.69) is 15.8 Å². The number of anilines is 1. The number of nitrogens with zero attached hydrogens (tertiary/aromatic N) is 1. The predicted molar refractivity (Wildman–Crippen MR) is 109 cm³/mol. The fourth-order valence-corrected chi connectivity index (χ4v) is 2.31. The fraction of sp³-hybridized carbons (Fsp3) is 0.286. The largest absolute Gasteiger partial charge is 0.490 e. The van der Waals surface area contributed by atoms with Gasteiger partial charge in [0.05, 0.1) is 19.4 Å². The average Bonchev–Trinajstić information content (AvgIpc) is 2.69. The van der Waals surface area contributed by atoms with E-state index in [0.717, 1.165) is 12.0 Å². The zero-order valence-corrected chi connectivity index (χ0v) is 16.3. The predicted octanol–water partition coefficient (Wildman–Crippen LogP) is 3.27. The van der Waals surface area contributed by atoms with Gasteiger partial charge in [-0.05, 0) is 55.7 Å². The zero-order chi connectivity index (χ0) is 20.4. The summed E-state index contributed by atoms with van der Waals surface area (Å²) >= 11 is 0. The SMILES string of the molecule is CCCOc1ccc(/C=N\NC(=O)C(=O)Nc2ccccc2C)cc1OCC. The topological polar surface area (TPSA) is 89.0 Å². The van der Waals surface area contributed by atoms with Crippen LogP contribution in [0.5, 0.6) is 11.5 Å². The molecule has 0 saturated heterocycles. The van der Waals surface area contributed by atoms with Crippen LogP contribution in [0.15, 0.2) is 47.6 Å². The van der Waals surface area contributed by atoms with Crippen molar-refractivity contribution in [1.29, 1.82) is 0 Å². The number of carbonyl (C=O) groups is 2. The quantitative estimate of drug-likeness (QED) is 0.416. The smallest absolute Gasteiger partial charge is 0.329 e. The molecule has 2 aromatic rings. The van der Waals surface area contributed by atoms with E-state index in [1.807, 2.05) is 32.9 Å². The van der Waals surface area contributed by atoms with Crippen LogP contribution in [0, 0.1) is 6.92 Å². The summed E-state index contributed by atoms with van der Waals surface area (Å²) in [6.45, 7) is 6.85. The molecule has 7 nitrogen and oxygen atoms in total. The summed E-state index contributed by atoms with van der Waals surface area (Å²) in [4.78, 5) is 23.9. The van der Waals surface area contributed by atoms with E-state index >= 15 is 0 Å². The van der Waals surface area contributed by atoms with E-state index in [-0.39, 0.29) is 0 Å². The molecule has 0 aliphatic carbocycles. The average molecular weight is 383 g/mol. The molecular formula is C21H25N3O4. The number of hydrogen-bond acceptors (Lipinski definition) is 5. The number of amides is 2. The number of ether oxygens (including phenoxy) is 2. The van der Waals surface area contributed by atoms with Gasteiger partial charge < -0.3 is 14.8 Å². The zero-order valence-electron chi connectivity index (χ0n) is 16.3. The molecule has 148 valence electrons. The Morgan fingerprint density at radius 2 is 1.82 bits per heavy atom. The first-order valence-electron chi connectivity index (χ1n) is 9.14. The highest BCUT2D eigenvalue weighted by atomic mass is 16.5. The molecular weight excluding hydrogens is 358 g/mol. The van der Waals surface area contributed by atoms with Gasteiger partial charge in [0, 0.05) is 5.69 Å². The lowest BCUT2D eigenvalue weighted by molar-refractivity contribution is -0.136. The third-order valence-corrected chi connectivity index (χ3v) is 3.71. The standard InChI is InChI=1S/C21H25N3O4/c1-4-12-28-18-11-10-16(13-19(18)27-5-2)14-22-24-21(26)20(25)23-17-9-7-6-8-15(17)3/h6-11,13-14H,4-5,12H2,1-3H3,(H,23,25)(H,24,26)/b22-14-. The monoisotopic (exact) mass is 383 g/mol. The van der Waals surface area contributed by atoms with Gasteiger partial charge in [0.25, 0.3) is 0 Å². The Morgan fingerprint density at radius 3 is 2.54 bits per heavy atom. The molecule has 2 N–H and O–H groups in total. The van der Waals surface area contributed by atoms with Crippen LogP contribution >= 0.6 is 0 Å². The summed E-state index contributed by atoms with van der Waals surface area (Å²) in [5.74, 6) is -0.386. The van der Waals surface area contributed by atoms with Crippen LogP contribution < -0.4 is 20.2 Å². The van der Waals surface area contributed by atoms with Crippen LogP contribution in [0.25, 0.3) is 0 Å². The number of nitrogens with one attached hydrogen (secondary N) is 2. The highest BCUT2D eigenvalue weighted by Crippen LogP contribution is 2.28. The molecule has 0 fully saturated rings. The fourth-order valence-electron chi connectivity index (χ4n) is 2.31. The molecule has 0 aliphatic rings. The number of carbonyl (C=O) groups excluding carboxylic acids is 2. The first-order chi connectivity index (χ1) is 13.5. The minimum Gasteiger partial charge on any atom is -0.490 e. The van der Waals surface area contributed by atoms with Crippen molar-refractivity contribution in [2.75, 3.05) is 18.5 Å². The van der Waals surface area contributed by atoms with Gasteiger partial charge in [-0.2, -0.15) is 5.10 Å². The second kappa shape index (κ2) is 10.7. The molecule has 0 unspecified atom stereocenters. The Balaban J connectivity index is 1.97. The van der Waals surface area contributed by atoms with Crippen molar-refractivity contribution in [3.8, 4) is 11.5 Å². The Hall–Kier alpha value is -3.35. The maximum Gasteiger partial charge on any atom is 0.329 e. The van der Waals surface area contributed by atoms with Gasteiger partial charge in [-0.15, -0.1) is 0 Å². The number of hydrogen-bond donors (Lipinski definition) is 2. The van der Waals surface area contributed by atoms with Gasteiger partial charge in [0.15, 0.2) is 11.5 Å². The van der Waals surface area contributed by atoms with Crippen molar-refractivity contribution in [1.82, 2.24) is 5.43 Å². The first kappa shape index (κ1) is 21.0. The van der Waals surface area contributed by atoms with Crippen molar-refractivity contribution in [3.05, 3.63) is 53.6 Å². The van der Waals surface area contributed by atoms with E-state index < -0.39 is 11.8 Å². The van der Waals surface area contributed by atoms with E-state index in [1.54, 1.807) is 30.3 Å². The summed E-state index contributed by atoms with van der Waals surface area (Å²) in [5.41, 5.74) is 4.36. The molecule has 0 radical (unpaired) electrons. The van der Waals surface area contributed by atoms with Crippen molar-refractivity contribution in [2.45, 2.75) is 27.2 Å². The molecule has 2 aromatic carbocycles. The van der Waals surface area contributed by atoms with Crippen molar-refractivity contribution in [3.63, 3.8) is 0 Å². The molecule has 0 bridgehead atoms. The molecule has 0 aliphatic heterocycles. The Morgan fingerprint density at radius 1 is 1.04 bits per heavy atom. The highest BCUT2D eigenvalue weighted by Gasteiger charge is 2.13. The van der Waals surface area contributed by atoms with Crippen molar-refractivity contribution >= 4 is 23.7 Å². The van der Waals surface area contributed by atoms with Gasteiger partial charge >= 0.3 is 11.8 Å². The van der Waals surface area contributed by atoms with Crippen LogP contribution in [0.4, 0.5) is 5.69 Å². The maximum absolute atomic E-state index is 12.0. The number of aryl methyl sites for hydroxylation is 1. The number of hydrazone groups is 1. The molecule has 0 heterocycles. The second-order valence-electron chi connectivity index (χ2n) is 5.96. The number of benzene rings is 2.